The Balaban J connectivity index is 1.81. The molecule has 0 unspecified atom stereocenters. The lowest BCUT2D eigenvalue weighted by Crippen LogP contribution is -2.36. The van der Waals surface area contributed by atoms with Crippen LogP contribution in [0.3, 0.4) is 0 Å². The van der Waals surface area contributed by atoms with E-state index in [0.717, 1.165) is 5.56 Å². The van der Waals surface area contributed by atoms with Gasteiger partial charge in [-0.3, -0.25) is 15.1 Å². The standard InChI is InChI=1S/C21H18ClFN4O2/c1-29-19-9-8-17(11-18(19)22)26-21(25-13-14-3-2-10-24-12-14)27-20(28)15-4-6-16(23)7-5-15/h2-12H,13H2,1H3,(H2,25,26,27,28). The predicted octanol–water partition coefficient (Wildman–Crippen LogP) is 4.28. The van der Waals surface area contributed by atoms with E-state index in [-0.39, 0.29) is 5.96 Å². The van der Waals surface area contributed by atoms with Crippen molar-refractivity contribution in [1.29, 1.82) is 0 Å². The van der Waals surface area contributed by atoms with E-state index in [2.05, 4.69) is 20.6 Å². The van der Waals surface area contributed by atoms with Crippen molar-refractivity contribution in [3.8, 4) is 5.75 Å². The van der Waals surface area contributed by atoms with Gasteiger partial charge in [0.05, 0.1) is 18.7 Å². The van der Waals surface area contributed by atoms with Gasteiger partial charge in [0.15, 0.2) is 0 Å². The fourth-order valence-electron chi connectivity index (χ4n) is 2.43. The molecule has 1 amide bonds. The van der Waals surface area contributed by atoms with Crippen LogP contribution in [0.4, 0.5) is 10.1 Å². The van der Waals surface area contributed by atoms with E-state index in [1.165, 1.54) is 31.4 Å². The van der Waals surface area contributed by atoms with Gasteiger partial charge >= 0.3 is 0 Å². The van der Waals surface area contributed by atoms with Crippen molar-refractivity contribution >= 4 is 29.2 Å². The van der Waals surface area contributed by atoms with E-state index in [9.17, 15) is 9.18 Å². The van der Waals surface area contributed by atoms with Crippen LogP contribution in [0.15, 0.2) is 72.0 Å². The highest BCUT2D eigenvalue weighted by molar-refractivity contribution is 6.32. The summed E-state index contributed by atoms with van der Waals surface area (Å²) < 4.78 is 18.3. The molecule has 0 fully saturated rings. The number of hydrogen-bond acceptors (Lipinski definition) is 4. The minimum atomic E-state index is -0.429. The van der Waals surface area contributed by atoms with Gasteiger partial charge in [0, 0.05) is 23.6 Å². The number of methoxy groups -OCH3 is 1. The van der Waals surface area contributed by atoms with Crippen LogP contribution in [0.5, 0.6) is 5.75 Å². The Kier molecular flexibility index (Phi) is 6.76. The van der Waals surface area contributed by atoms with Crippen LogP contribution in [0.2, 0.25) is 5.02 Å². The van der Waals surface area contributed by atoms with Gasteiger partial charge in [-0.25, -0.2) is 9.38 Å². The van der Waals surface area contributed by atoms with Crippen LogP contribution in [0, 0.1) is 5.82 Å². The Morgan fingerprint density at radius 3 is 2.66 bits per heavy atom. The lowest BCUT2D eigenvalue weighted by Gasteiger charge is -2.13. The Labute approximate surface area is 172 Å². The Morgan fingerprint density at radius 2 is 2.00 bits per heavy atom. The van der Waals surface area contributed by atoms with Crippen LogP contribution in [0.25, 0.3) is 0 Å². The van der Waals surface area contributed by atoms with Crippen molar-refractivity contribution in [2.24, 2.45) is 4.99 Å². The number of amides is 1. The monoisotopic (exact) mass is 412 g/mol. The van der Waals surface area contributed by atoms with Crippen molar-refractivity contribution in [3.05, 3.63) is 89.0 Å². The van der Waals surface area contributed by atoms with Gasteiger partial charge in [0.25, 0.3) is 5.91 Å². The highest BCUT2D eigenvalue weighted by Crippen LogP contribution is 2.27. The van der Waals surface area contributed by atoms with Crippen LogP contribution in [0.1, 0.15) is 15.9 Å². The second kappa shape index (κ2) is 9.66. The van der Waals surface area contributed by atoms with Crippen molar-refractivity contribution in [1.82, 2.24) is 10.3 Å². The maximum Gasteiger partial charge on any atom is 0.257 e. The quantitative estimate of drug-likeness (QED) is 0.484. The van der Waals surface area contributed by atoms with E-state index >= 15 is 0 Å². The van der Waals surface area contributed by atoms with Crippen LogP contribution in [-0.2, 0) is 6.54 Å². The van der Waals surface area contributed by atoms with Gasteiger partial charge in [0.2, 0.25) is 5.96 Å². The van der Waals surface area contributed by atoms with Crippen molar-refractivity contribution in [2.45, 2.75) is 6.54 Å². The zero-order valence-electron chi connectivity index (χ0n) is 15.5. The Bertz CT molecular complexity index is 1010. The molecule has 8 heteroatoms. The molecule has 1 heterocycles. The van der Waals surface area contributed by atoms with E-state index in [4.69, 9.17) is 16.3 Å². The largest absolute Gasteiger partial charge is 0.495 e. The molecule has 0 bridgehead atoms. The minimum Gasteiger partial charge on any atom is -0.495 e. The molecule has 2 N–H and O–H groups in total. The number of hydrogen-bond donors (Lipinski definition) is 2. The topological polar surface area (TPSA) is 75.6 Å². The summed E-state index contributed by atoms with van der Waals surface area (Å²) in [6.07, 6.45) is 3.36. The molecule has 0 radical (unpaired) electrons. The lowest BCUT2D eigenvalue weighted by molar-refractivity contribution is 0.0977. The molecule has 29 heavy (non-hydrogen) atoms. The third-order valence-corrected chi connectivity index (χ3v) is 4.19. The first-order chi connectivity index (χ1) is 14.0. The molecule has 148 valence electrons. The molecule has 0 aliphatic rings. The maximum absolute atomic E-state index is 13.1. The number of rotatable bonds is 5. The molecule has 0 saturated heterocycles. The molecule has 0 atom stereocenters. The number of nitrogens with one attached hydrogen (secondary N) is 2. The molecule has 3 aromatic rings. The summed E-state index contributed by atoms with van der Waals surface area (Å²) in [7, 11) is 1.53. The first-order valence-electron chi connectivity index (χ1n) is 8.66. The summed E-state index contributed by atoms with van der Waals surface area (Å²) in [4.78, 5) is 21.0. The SMILES string of the molecule is COc1ccc(NC(=NCc2cccnc2)NC(=O)c2ccc(F)cc2)cc1Cl. The number of carbonyl (C=O) groups is 1. The fraction of sp³-hybridized carbons (Fsp3) is 0.0952. The summed E-state index contributed by atoms with van der Waals surface area (Å²) in [5, 5.41) is 6.15. The third kappa shape index (κ3) is 5.76. The lowest BCUT2D eigenvalue weighted by atomic mass is 10.2. The predicted molar refractivity (Wildman–Crippen MR) is 111 cm³/mol. The number of nitrogens with zero attached hydrogens (tertiary/aromatic N) is 2. The summed E-state index contributed by atoms with van der Waals surface area (Å²) in [5.41, 5.74) is 1.78. The number of carbonyl (C=O) groups excluding carboxylic acids is 1. The molecule has 1 aromatic heterocycles. The first-order valence-corrected chi connectivity index (χ1v) is 9.04. The Morgan fingerprint density at radius 1 is 1.21 bits per heavy atom. The maximum atomic E-state index is 13.1. The van der Waals surface area contributed by atoms with E-state index in [0.29, 0.717) is 28.6 Å². The number of aromatic nitrogens is 1. The third-order valence-electron chi connectivity index (χ3n) is 3.90. The van der Waals surface area contributed by atoms with Crippen molar-refractivity contribution < 1.29 is 13.9 Å². The molecule has 3 rings (SSSR count). The normalized spacial score (nSPS) is 11.1. The molecule has 6 nitrogen and oxygen atoms in total. The minimum absolute atomic E-state index is 0.212. The second-order valence-electron chi connectivity index (χ2n) is 5.96. The smallest absolute Gasteiger partial charge is 0.257 e. The molecular formula is C21H18ClFN4O2. The van der Waals surface area contributed by atoms with Gasteiger partial charge in [-0.15, -0.1) is 0 Å². The molecule has 0 saturated carbocycles. The molecular weight excluding hydrogens is 395 g/mol. The highest BCUT2D eigenvalue weighted by Gasteiger charge is 2.11. The molecule has 0 aliphatic carbocycles. The summed E-state index contributed by atoms with van der Waals surface area (Å²) >= 11 is 6.17. The number of benzene rings is 2. The fourth-order valence-corrected chi connectivity index (χ4v) is 2.69. The van der Waals surface area contributed by atoms with Crippen molar-refractivity contribution in [2.75, 3.05) is 12.4 Å². The zero-order valence-corrected chi connectivity index (χ0v) is 16.3. The Hall–Kier alpha value is -3.45. The number of anilines is 1. The number of pyridine rings is 1. The second-order valence-corrected chi connectivity index (χ2v) is 6.37. The summed E-state index contributed by atoms with van der Waals surface area (Å²) in [6.45, 7) is 0.295. The molecule has 2 aromatic carbocycles. The van der Waals surface area contributed by atoms with E-state index in [1.54, 1.807) is 36.7 Å². The van der Waals surface area contributed by atoms with E-state index in [1.807, 2.05) is 6.07 Å². The average molecular weight is 413 g/mol. The van der Waals surface area contributed by atoms with Crippen LogP contribution >= 0.6 is 11.6 Å². The van der Waals surface area contributed by atoms with Gasteiger partial charge in [-0.05, 0) is 54.1 Å². The first kappa shape index (κ1) is 20.3. The number of aliphatic imine (C=N–C) groups is 1. The number of guanidine groups is 1. The van der Waals surface area contributed by atoms with Gasteiger partial charge in [-0.2, -0.15) is 0 Å². The zero-order chi connectivity index (χ0) is 20.6. The number of ether oxygens (including phenoxy) is 1. The van der Waals surface area contributed by atoms with Crippen LogP contribution < -0.4 is 15.4 Å². The van der Waals surface area contributed by atoms with Gasteiger partial charge in [-0.1, -0.05) is 17.7 Å². The molecule has 0 aliphatic heterocycles. The van der Waals surface area contributed by atoms with Crippen LogP contribution in [-0.4, -0.2) is 24.0 Å². The average Bonchev–Trinajstić information content (AvgIpc) is 2.73. The summed E-state index contributed by atoms with van der Waals surface area (Å²) in [5.74, 6) is -0.106. The van der Waals surface area contributed by atoms with Gasteiger partial charge in [0.1, 0.15) is 11.6 Å². The molecule has 0 spiro atoms. The summed E-state index contributed by atoms with van der Waals surface area (Å²) in [6, 6.07) is 14.0. The van der Waals surface area contributed by atoms with Gasteiger partial charge < -0.3 is 10.1 Å². The number of halogens is 2. The highest BCUT2D eigenvalue weighted by atomic mass is 35.5. The van der Waals surface area contributed by atoms with E-state index < -0.39 is 11.7 Å². The van der Waals surface area contributed by atoms with Crippen molar-refractivity contribution in [3.63, 3.8) is 0 Å².